The Balaban J connectivity index is 0.000000159. The van der Waals surface area contributed by atoms with Crippen LogP contribution in [0, 0.1) is 0 Å². The molecule has 696 valence electrons. The fraction of sp³-hybridized carbons (Fsp3) is 0.393. The Labute approximate surface area is 787 Å². The van der Waals surface area contributed by atoms with Crippen LogP contribution >= 0.6 is 0 Å². The zero-order valence-electron chi connectivity index (χ0n) is 81.8. The lowest BCUT2D eigenvalue weighted by molar-refractivity contribution is -0.927. The third kappa shape index (κ3) is 24.9. The highest BCUT2D eigenvalue weighted by molar-refractivity contribution is 6.19. The minimum atomic E-state index is -0.294. The van der Waals surface area contributed by atoms with E-state index in [0.29, 0.717) is 49.7 Å². The zero-order chi connectivity index (χ0) is 94.3. The number of hydrogen-bond acceptors (Lipinski definition) is 10. The van der Waals surface area contributed by atoms with E-state index in [1.807, 2.05) is 182 Å². The molecule has 15 nitrogen and oxygen atoms in total. The van der Waals surface area contributed by atoms with Crippen LogP contribution in [0.5, 0.6) is 0 Å². The summed E-state index contributed by atoms with van der Waals surface area (Å²) in [6, 6.07) is 87.3. The number of likely N-dealkylation sites (N-methyl/N-ethyl adjacent to an activating group) is 5. The molecule has 13 aromatic rings. The van der Waals surface area contributed by atoms with Crippen molar-refractivity contribution in [1.29, 1.82) is 0 Å². The lowest BCUT2D eigenvalue weighted by Gasteiger charge is -2.37. The first-order valence-corrected chi connectivity index (χ1v) is 49.2. The van der Waals surface area contributed by atoms with E-state index in [1.54, 1.807) is 0 Å². The van der Waals surface area contributed by atoms with Crippen molar-refractivity contribution in [3.05, 3.63) is 300 Å². The zero-order valence-corrected chi connectivity index (χ0v) is 81.8. The van der Waals surface area contributed by atoms with Gasteiger partial charge in [-0.25, -0.2) is 14.4 Å². The van der Waals surface area contributed by atoms with E-state index in [0.717, 1.165) is 268 Å². The van der Waals surface area contributed by atoms with Crippen molar-refractivity contribution in [3.63, 3.8) is 0 Å². The average Bonchev–Trinajstić information content (AvgIpc) is 1.05. The van der Waals surface area contributed by atoms with Crippen LogP contribution in [0.4, 0.5) is 0 Å². The van der Waals surface area contributed by atoms with Gasteiger partial charge in [0.25, 0.3) is 0 Å². The summed E-state index contributed by atoms with van der Waals surface area (Å²) in [5.74, 6) is -1.50. The maximum atomic E-state index is 13.1. The third-order valence-electron chi connectivity index (χ3n) is 27.8. The first kappa shape index (κ1) is 101. The van der Waals surface area contributed by atoms with Gasteiger partial charge in [-0.2, -0.15) is 0 Å². The van der Waals surface area contributed by atoms with Crippen molar-refractivity contribution in [2.45, 2.75) is 140 Å². The van der Waals surface area contributed by atoms with Crippen molar-refractivity contribution >= 4 is 94.5 Å². The molecule has 15 rings (SSSR count). The highest BCUT2D eigenvalue weighted by Gasteiger charge is 2.38. The Bertz CT molecular complexity index is 5710. The van der Waals surface area contributed by atoms with E-state index < -0.39 is 0 Å². The SMILES string of the molecule is CCCC[N+](CC)(CCC)CCOC(=O)C1c2ccccc2-c2ccccc21.CCC[N+](CC)(CCC)CCOC(=O)C1c2ccccc2-c2ccccc21.CCC[N+](CC)(CCC)CCOC(=O)c1c2ccccc2cc2ccccc12.CC[N+](CC)(CC)CCOC(=O)c1c2ccccc2cc2ccccc12.C[N+](C)(C)CCOC(=O)c1c2ccccc2cc2ccccc12. The molecule has 0 spiro atoms. The van der Waals surface area contributed by atoms with Crippen molar-refractivity contribution < 1.29 is 70.1 Å². The fourth-order valence-electron chi connectivity index (χ4n) is 20.1. The first-order chi connectivity index (χ1) is 64.0. The number of quaternary nitrogens is 5. The minimum Gasteiger partial charge on any atom is -0.459 e. The predicted molar refractivity (Wildman–Crippen MR) is 547 cm³/mol. The topological polar surface area (TPSA) is 132 Å². The largest absolute Gasteiger partial charge is 0.459 e. The van der Waals surface area contributed by atoms with E-state index in [-0.39, 0.29) is 41.7 Å². The van der Waals surface area contributed by atoms with Gasteiger partial charge in [-0.15, -0.1) is 0 Å². The second kappa shape index (κ2) is 48.8. The summed E-state index contributed by atoms with van der Waals surface area (Å²) in [5.41, 5.74) is 11.0. The van der Waals surface area contributed by atoms with Gasteiger partial charge < -0.3 is 46.1 Å². The minimum absolute atomic E-state index is 0.112. The maximum absolute atomic E-state index is 13.1. The van der Waals surface area contributed by atoms with Crippen molar-refractivity contribution in [2.24, 2.45) is 0 Å². The van der Waals surface area contributed by atoms with Gasteiger partial charge in [-0.3, -0.25) is 9.59 Å². The van der Waals surface area contributed by atoms with Gasteiger partial charge in [-0.1, -0.05) is 291 Å². The van der Waals surface area contributed by atoms with Gasteiger partial charge in [0.05, 0.1) is 116 Å². The molecule has 0 heterocycles. The Morgan fingerprint density at radius 2 is 0.447 bits per heavy atom. The van der Waals surface area contributed by atoms with Crippen LogP contribution in [0.2, 0.25) is 0 Å². The van der Waals surface area contributed by atoms with Crippen LogP contribution in [0.25, 0.3) is 86.9 Å². The molecule has 0 bridgehead atoms. The summed E-state index contributed by atoms with van der Waals surface area (Å²) in [6.07, 6.45) is 8.21. The number of unbranched alkanes of at least 4 members (excludes halogenated alkanes) is 1. The molecule has 13 aromatic carbocycles. The average molecular weight is 1780 g/mol. The molecule has 132 heavy (non-hydrogen) atoms. The lowest BCUT2D eigenvalue weighted by Crippen LogP contribution is -2.51. The normalized spacial score (nSPS) is 12.8. The smallest absolute Gasteiger partial charge is 0.339 e. The molecular formula is C117H148N5O10+5. The van der Waals surface area contributed by atoms with Gasteiger partial charge in [0.15, 0.2) is 0 Å². The van der Waals surface area contributed by atoms with Gasteiger partial charge in [-0.05, 0) is 207 Å². The van der Waals surface area contributed by atoms with Crippen LogP contribution in [-0.2, 0) is 33.3 Å². The van der Waals surface area contributed by atoms with Crippen molar-refractivity contribution in [1.82, 2.24) is 0 Å². The molecule has 2 aliphatic carbocycles. The second-order valence-corrected chi connectivity index (χ2v) is 36.9. The number of nitrogens with zero attached hydrogens (tertiary/aromatic N) is 5. The van der Waals surface area contributed by atoms with Gasteiger partial charge in [0.2, 0.25) is 0 Å². The third-order valence-corrected chi connectivity index (χ3v) is 27.8. The van der Waals surface area contributed by atoms with Crippen LogP contribution < -0.4 is 0 Å². The fourth-order valence-corrected chi connectivity index (χ4v) is 20.1. The molecule has 15 heteroatoms. The van der Waals surface area contributed by atoms with E-state index in [4.69, 9.17) is 23.7 Å². The number of ether oxygens (including phenoxy) is 5. The maximum Gasteiger partial charge on any atom is 0.339 e. The van der Waals surface area contributed by atoms with Crippen LogP contribution in [0.1, 0.15) is 193 Å². The molecule has 0 saturated heterocycles. The first-order valence-electron chi connectivity index (χ1n) is 49.2. The number of esters is 5. The van der Waals surface area contributed by atoms with E-state index in [2.05, 4.69) is 183 Å². The quantitative estimate of drug-likeness (QED) is 0.0159. The molecule has 0 aliphatic heterocycles. The molecule has 1 unspecified atom stereocenters. The number of carbonyl (C=O) groups is 5. The van der Waals surface area contributed by atoms with E-state index >= 15 is 0 Å². The summed E-state index contributed by atoms with van der Waals surface area (Å²) in [7, 11) is 6.25. The number of benzene rings is 13. The van der Waals surface area contributed by atoms with E-state index in [9.17, 15) is 24.0 Å². The molecule has 0 amide bonds. The van der Waals surface area contributed by atoms with Crippen LogP contribution in [0.3, 0.4) is 0 Å². The molecular weight excluding hydrogens is 1640 g/mol. The summed E-state index contributed by atoms with van der Waals surface area (Å²) < 4.78 is 33.7. The number of hydrogen-bond donors (Lipinski definition) is 0. The summed E-state index contributed by atoms with van der Waals surface area (Å²) in [6.45, 7) is 46.8. The molecule has 0 saturated carbocycles. The Morgan fingerprint density at radius 1 is 0.235 bits per heavy atom. The highest BCUT2D eigenvalue weighted by Crippen LogP contribution is 2.47. The number of carbonyl (C=O) groups excluding carboxylic acids is 5. The molecule has 2 aliphatic rings. The highest BCUT2D eigenvalue weighted by atomic mass is 16.5. The van der Waals surface area contributed by atoms with Crippen molar-refractivity contribution in [3.8, 4) is 22.3 Å². The second-order valence-electron chi connectivity index (χ2n) is 36.9. The number of rotatable bonds is 39. The van der Waals surface area contributed by atoms with Gasteiger partial charge >= 0.3 is 29.8 Å². The molecule has 0 radical (unpaired) electrons. The summed E-state index contributed by atoms with van der Waals surface area (Å²) in [5, 5.41) is 12.1. The van der Waals surface area contributed by atoms with Crippen molar-refractivity contribution in [2.75, 3.05) is 165 Å². The Morgan fingerprint density at radius 3 is 0.682 bits per heavy atom. The van der Waals surface area contributed by atoms with E-state index in [1.165, 1.54) is 19.4 Å². The summed E-state index contributed by atoms with van der Waals surface area (Å²) in [4.78, 5) is 65.0. The molecule has 1 atom stereocenters. The Kier molecular flexibility index (Phi) is 37.4. The molecule has 0 N–H and O–H groups in total. The molecule has 0 aromatic heterocycles. The number of fused-ring (bicyclic) bond motifs is 12. The van der Waals surface area contributed by atoms with Gasteiger partial charge in [0, 0.05) is 0 Å². The predicted octanol–water partition coefficient (Wildman–Crippen LogP) is 25.1. The van der Waals surface area contributed by atoms with Crippen LogP contribution in [-0.4, -0.2) is 218 Å². The van der Waals surface area contributed by atoms with Crippen LogP contribution in [0.15, 0.2) is 261 Å². The standard InChI is InChI=1S/C25H32NO2.C25H34NO2.C24H32NO2.C23H28NO2.C20H22NO2/c1-4-15-26(6-3,16-5-2)17-18-28-25(27)24-22-13-9-7-11-20(22)19-21-12-8-10-14-23(21)24;1-4-7-17-26(6-3,16-5-2)18-19-28-25(27)24-22-14-10-8-12-20(22)21-13-9-11-15-23(21)24;1-4-15-25(6-3,16-5-2)17-18-27-24(26)23-21-13-9-7-11-19(21)20-12-8-10-14-22(20)23;1-4-24(5-2,6-3)15-16-26-23(25)22-20-13-9-7-11-18(20)17-19-12-8-10-14-21(19)22;1-21(2,3)12-13-23-20(22)19-17-10-6-4-8-15(17)14-16-9-5-7-11-18(16)19/h7-14,19H,4-6,15-18H2,1-3H3;8-15,24H,4-7,16-19H2,1-3H3;7-14,23H,4-6,15-18H2,1-3H3;7-14,17H,4-6,15-16H2,1-3H3;4-11,14H,12-13H2,1-3H3/q5*+1. The van der Waals surface area contributed by atoms with Gasteiger partial charge in [0.1, 0.15) is 77.6 Å². The monoisotopic (exact) mass is 1780 g/mol. The Hall–Kier alpha value is -11.4. The lowest BCUT2D eigenvalue weighted by atomic mass is 9.97. The summed E-state index contributed by atoms with van der Waals surface area (Å²) >= 11 is 0. The molecule has 0 fully saturated rings.